The number of aliphatic hydroxyl groups is 1. The van der Waals surface area contributed by atoms with Crippen molar-refractivity contribution in [2.75, 3.05) is 6.79 Å². The topological polar surface area (TPSA) is 112 Å². The van der Waals surface area contributed by atoms with E-state index in [0.717, 1.165) is 45.5 Å². The van der Waals surface area contributed by atoms with Gasteiger partial charge in [-0.05, 0) is 80.4 Å². The lowest BCUT2D eigenvalue weighted by molar-refractivity contribution is -0.172. The van der Waals surface area contributed by atoms with Gasteiger partial charge >= 0.3 is 5.97 Å². The lowest BCUT2D eigenvalue weighted by Gasteiger charge is -2.55. The smallest absolute Gasteiger partial charge is 0.343 e. The van der Waals surface area contributed by atoms with Crippen LogP contribution in [0.1, 0.15) is 80.5 Å². The highest BCUT2D eigenvalue weighted by Gasteiger charge is 2.49. The van der Waals surface area contributed by atoms with Gasteiger partial charge in [0, 0.05) is 34.7 Å². The van der Waals surface area contributed by atoms with E-state index in [9.17, 15) is 14.7 Å². The number of nitrogens with one attached hydrogen (secondary N) is 1. The number of carbonyl (C=O) groups is 1. The summed E-state index contributed by atoms with van der Waals surface area (Å²) in [5.41, 5.74) is 2.98. The molecule has 3 aromatic rings. The number of ether oxygens (including phenoxy) is 3. The number of benzene rings is 1. The van der Waals surface area contributed by atoms with Gasteiger partial charge in [0.25, 0.3) is 5.56 Å². The summed E-state index contributed by atoms with van der Waals surface area (Å²) in [6.45, 7) is 2.82. The van der Waals surface area contributed by atoms with Gasteiger partial charge in [0.15, 0.2) is 17.1 Å². The average Bonchev–Trinajstić information content (AvgIpc) is 3.60. The second kappa shape index (κ2) is 8.57. The maximum Gasteiger partial charge on any atom is 0.343 e. The summed E-state index contributed by atoms with van der Waals surface area (Å²) in [5, 5.41) is 16.4. The Hall–Kier alpha value is -3.43. The van der Waals surface area contributed by atoms with Crippen LogP contribution in [0.25, 0.3) is 22.3 Å². The van der Waals surface area contributed by atoms with Gasteiger partial charge in [-0.15, -0.1) is 0 Å². The summed E-state index contributed by atoms with van der Waals surface area (Å²) in [4.78, 5) is 31.6. The Morgan fingerprint density at radius 2 is 1.90 bits per heavy atom. The number of nitrogens with zero attached hydrogens (tertiary/aromatic N) is 2. The number of carbonyl (C=O) groups excluding carboxylic acids is 1. The zero-order valence-electron chi connectivity index (χ0n) is 23.8. The highest BCUT2D eigenvalue weighted by molar-refractivity contribution is 5.91. The van der Waals surface area contributed by atoms with Crippen molar-refractivity contribution >= 4 is 16.9 Å². The lowest BCUT2D eigenvalue weighted by Crippen LogP contribution is -2.56. The maximum absolute atomic E-state index is 13.8. The van der Waals surface area contributed by atoms with Crippen LogP contribution in [0, 0.1) is 17.8 Å². The van der Waals surface area contributed by atoms with Crippen LogP contribution >= 0.6 is 0 Å². The first-order chi connectivity index (χ1) is 20.4. The van der Waals surface area contributed by atoms with Crippen LogP contribution in [0.3, 0.4) is 0 Å². The van der Waals surface area contributed by atoms with Crippen molar-refractivity contribution < 1.29 is 24.1 Å². The normalized spacial score (nSPS) is 31.6. The average molecular weight is 570 g/mol. The van der Waals surface area contributed by atoms with Gasteiger partial charge in [-0.2, -0.15) is 0 Å². The predicted octanol–water partition coefficient (Wildman–Crippen LogP) is 4.26. The SMILES string of the molecule is CC[C@@]1(O)C(=O)OCc2c1cc1n(c2=O)Cc2c-1nc1cc3c(cc1c2CNC12CCC4CCC(CC4C1)C2)OCO3. The molecule has 3 aliphatic heterocycles. The quantitative estimate of drug-likeness (QED) is 0.351. The molecule has 0 saturated heterocycles. The molecule has 9 heteroatoms. The monoisotopic (exact) mass is 569 g/mol. The Kier molecular flexibility index (Phi) is 5.12. The Morgan fingerprint density at radius 3 is 2.76 bits per heavy atom. The minimum atomic E-state index is -1.85. The van der Waals surface area contributed by atoms with Crippen LogP contribution in [0.15, 0.2) is 23.0 Å². The molecule has 2 aromatic heterocycles. The molecule has 5 atom stereocenters. The highest BCUT2D eigenvalue weighted by atomic mass is 16.7. The van der Waals surface area contributed by atoms with Crippen molar-refractivity contribution in [1.82, 2.24) is 14.9 Å². The second-order valence-corrected chi connectivity index (χ2v) is 13.5. The molecule has 2 N–H and O–H groups in total. The van der Waals surface area contributed by atoms with E-state index in [1.54, 1.807) is 17.6 Å². The summed E-state index contributed by atoms with van der Waals surface area (Å²) in [5.74, 6) is 3.21. The Bertz CT molecular complexity index is 1760. The summed E-state index contributed by atoms with van der Waals surface area (Å²) >= 11 is 0. The third kappa shape index (κ3) is 3.35. The molecule has 42 heavy (non-hydrogen) atoms. The zero-order valence-corrected chi connectivity index (χ0v) is 23.8. The number of fused-ring (bicyclic) bond motifs is 8. The molecule has 0 amide bonds. The van der Waals surface area contributed by atoms with E-state index >= 15 is 0 Å². The van der Waals surface area contributed by atoms with Crippen molar-refractivity contribution in [1.29, 1.82) is 0 Å². The van der Waals surface area contributed by atoms with E-state index in [4.69, 9.17) is 19.2 Å². The first-order valence-electron chi connectivity index (χ1n) is 15.5. The van der Waals surface area contributed by atoms with Crippen molar-refractivity contribution in [3.8, 4) is 22.9 Å². The predicted molar refractivity (Wildman–Crippen MR) is 153 cm³/mol. The number of hydrogen-bond acceptors (Lipinski definition) is 8. The Morgan fingerprint density at radius 1 is 1.05 bits per heavy atom. The molecule has 0 radical (unpaired) electrons. The van der Waals surface area contributed by atoms with E-state index in [1.807, 2.05) is 12.1 Å². The molecule has 1 aromatic carbocycles. The van der Waals surface area contributed by atoms with Crippen LogP contribution in [0.4, 0.5) is 0 Å². The lowest BCUT2D eigenvalue weighted by atomic mass is 9.54. The van der Waals surface area contributed by atoms with Crippen LogP contribution in [-0.4, -0.2) is 33.0 Å². The molecule has 5 heterocycles. The molecule has 6 aliphatic rings. The summed E-state index contributed by atoms with van der Waals surface area (Å²) in [6.07, 6.45) is 9.30. The van der Waals surface area contributed by atoms with E-state index in [1.165, 1.54) is 44.9 Å². The molecule has 9 nitrogen and oxygen atoms in total. The molecule has 218 valence electrons. The molecule has 3 bridgehead atoms. The van der Waals surface area contributed by atoms with Gasteiger partial charge in [-0.1, -0.05) is 13.3 Å². The maximum atomic E-state index is 13.8. The van der Waals surface area contributed by atoms with Crippen LogP contribution in [0.2, 0.25) is 0 Å². The van der Waals surface area contributed by atoms with Gasteiger partial charge in [0.2, 0.25) is 6.79 Å². The van der Waals surface area contributed by atoms with E-state index in [0.29, 0.717) is 41.4 Å². The minimum absolute atomic E-state index is 0.114. The molecule has 9 rings (SSSR count). The van der Waals surface area contributed by atoms with E-state index in [2.05, 4.69) is 5.32 Å². The first-order valence-corrected chi connectivity index (χ1v) is 15.5. The van der Waals surface area contributed by atoms with Crippen molar-refractivity contribution in [3.63, 3.8) is 0 Å². The molecule has 3 saturated carbocycles. The first kappa shape index (κ1) is 25.1. The van der Waals surface area contributed by atoms with Crippen LogP contribution in [-0.2, 0) is 34.8 Å². The minimum Gasteiger partial charge on any atom is -0.458 e. The second-order valence-electron chi connectivity index (χ2n) is 13.5. The Labute approximate surface area is 243 Å². The molecule has 0 spiro atoms. The number of pyridine rings is 2. The van der Waals surface area contributed by atoms with Gasteiger partial charge in [0.05, 0.1) is 29.0 Å². The van der Waals surface area contributed by atoms with E-state index in [-0.39, 0.29) is 30.9 Å². The van der Waals surface area contributed by atoms with Gasteiger partial charge in [-0.25, -0.2) is 9.78 Å². The highest BCUT2D eigenvalue weighted by Crippen LogP contribution is 2.54. The number of aromatic nitrogens is 2. The fraction of sp³-hybridized carbons (Fsp3) is 0.545. The third-order valence-corrected chi connectivity index (χ3v) is 11.5. The van der Waals surface area contributed by atoms with Crippen molar-refractivity contribution in [2.24, 2.45) is 17.8 Å². The number of cyclic esters (lactones) is 1. The summed E-state index contributed by atoms with van der Waals surface area (Å²) in [7, 11) is 0. The van der Waals surface area contributed by atoms with E-state index < -0.39 is 11.6 Å². The molecule has 4 unspecified atom stereocenters. The van der Waals surface area contributed by atoms with Crippen molar-refractivity contribution in [2.45, 2.75) is 89.1 Å². The number of rotatable bonds is 4. The molecule has 3 fully saturated rings. The summed E-state index contributed by atoms with van der Waals surface area (Å²) < 4.78 is 18.5. The molecular weight excluding hydrogens is 534 g/mol. The third-order valence-electron chi connectivity index (χ3n) is 11.5. The van der Waals surface area contributed by atoms with Crippen molar-refractivity contribution in [3.05, 3.63) is 50.8 Å². The largest absolute Gasteiger partial charge is 0.458 e. The molecule has 3 aliphatic carbocycles. The molecular formula is C33H35N3O6. The number of hydrogen-bond donors (Lipinski definition) is 2. The zero-order chi connectivity index (χ0) is 28.4. The fourth-order valence-electron chi connectivity index (χ4n) is 9.31. The fourth-order valence-corrected chi connectivity index (χ4v) is 9.31. The number of esters is 1. The van der Waals surface area contributed by atoms with Gasteiger partial charge in [-0.3, -0.25) is 4.79 Å². The van der Waals surface area contributed by atoms with Gasteiger partial charge in [0.1, 0.15) is 6.61 Å². The summed E-state index contributed by atoms with van der Waals surface area (Å²) in [6, 6.07) is 5.75. The Balaban J connectivity index is 1.19. The standard InChI is InChI=1S/C33H35N3O6/c1-2-33(39)24-9-26-29-22(14-36(26)30(37)23(24)15-40-31(33)38)21(20-8-27-28(42-16-41-27)10-25(20)35-29)13-34-32-6-5-18-4-3-17(11-32)7-19(18)12-32/h8-10,17-19,34,39H,2-7,11-16H2,1H3/t17?,18?,19?,32?,33-/m0/s1. The van der Waals surface area contributed by atoms with Crippen LogP contribution in [0.5, 0.6) is 11.5 Å². The van der Waals surface area contributed by atoms with Gasteiger partial charge < -0.3 is 29.2 Å². The van der Waals surface area contributed by atoms with Crippen LogP contribution < -0.4 is 20.3 Å².